The van der Waals surface area contributed by atoms with Gasteiger partial charge in [-0.25, -0.2) is 9.97 Å². The van der Waals surface area contributed by atoms with Crippen LogP contribution in [0.5, 0.6) is 0 Å². The quantitative estimate of drug-likeness (QED) is 0.495. The zero-order valence-electron chi connectivity index (χ0n) is 16.4. The second-order valence-electron chi connectivity index (χ2n) is 7.31. The third kappa shape index (κ3) is 3.77. The topological polar surface area (TPSA) is 104 Å². The number of aromatic amines is 1. The van der Waals surface area contributed by atoms with E-state index in [1.165, 1.54) is 6.26 Å². The molecule has 1 aliphatic rings. The summed E-state index contributed by atoms with van der Waals surface area (Å²) in [5, 5.41) is 3.23. The second kappa shape index (κ2) is 7.88. The van der Waals surface area contributed by atoms with Crippen molar-refractivity contribution in [3.63, 3.8) is 0 Å². The molecule has 0 bridgehead atoms. The summed E-state index contributed by atoms with van der Waals surface area (Å²) in [4.78, 5) is 38.8. The molecule has 1 aliphatic heterocycles. The number of likely N-dealkylation sites (tertiary alicyclic amines) is 1. The van der Waals surface area contributed by atoms with E-state index in [-0.39, 0.29) is 17.6 Å². The third-order valence-electron chi connectivity index (χ3n) is 5.20. The second-order valence-corrected chi connectivity index (χ2v) is 7.71. The average molecular weight is 436 g/mol. The van der Waals surface area contributed by atoms with E-state index in [2.05, 4.69) is 20.3 Å². The SMILES string of the molecule is O=C(Nc1ccc(Cl)c(-c2nc3ncc(C(=O)N4CCCC4)cc3[nH]2)c1)c1ccco1. The highest BCUT2D eigenvalue weighted by Crippen LogP contribution is 2.30. The highest BCUT2D eigenvalue weighted by molar-refractivity contribution is 6.33. The van der Waals surface area contributed by atoms with Crippen molar-refractivity contribution < 1.29 is 14.0 Å². The molecule has 3 aromatic heterocycles. The van der Waals surface area contributed by atoms with Crippen molar-refractivity contribution in [1.82, 2.24) is 19.9 Å². The van der Waals surface area contributed by atoms with Gasteiger partial charge in [0, 0.05) is 30.5 Å². The van der Waals surface area contributed by atoms with E-state index < -0.39 is 0 Å². The van der Waals surface area contributed by atoms with Crippen LogP contribution in [-0.2, 0) is 0 Å². The highest BCUT2D eigenvalue weighted by Gasteiger charge is 2.21. The Hall–Kier alpha value is -3.65. The van der Waals surface area contributed by atoms with E-state index in [1.807, 2.05) is 4.90 Å². The normalized spacial score (nSPS) is 13.6. The maximum Gasteiger partial charge on any atom is 0.291 e. The Morgan fingerprint density at radius 2 is 2.00 bits per heavy atom. The van der Waals surface area contributed by atoms with Gasteiger partial charge in [-0.1, -0.05) is 11.6 Å². The number of H-pyrrole nitrogens is 1. The summed E-state index contributed by atoms with van der Waals surface area (Å²) >= 11 is 6.39. The maximum absolute atomic E-state index is 12.6. The Kier molecular flexibility index (Phi) is 4.91. The summed E-state index contributed by atoms with van der Waals surface area (Å²) in [6, 6.07) is 10.1. The first-order chi connectivity index (χ1) is 15.1. The van der Waals surface area contributed by atoms with Crippen LogP contribution in [0.1, 0.15) is 33.8 Å². The lowest BCUT2D eigenvalue weighted by molar-refractivity contribution is 0.0792. The number of rotatable bonds is 4. The van der Waals surface area contributed by atoms with Crippen LogP contribution in [0.4, 0.5) is 5.69 Å². The molecule has 2 amide bonds. The summed E-state index contributed by atoms with van der Waals surface area (Å²) < 4.78 is 5.12. The van der Waals surface area contributed by atoms with Crippen LogP contribution in [0.3, 0.4) is 0 Å². The largest absolute Gasteiger partial charge is 0.459 e. The zero-order valence-corrected chi connectivity index (χ0v) is 17.1. The van der Waals surface area contributed by atoms with Gasteiger partial charge >= 0.3 is 0 Å². The van der Waals surface area contributed by atoms with Gasteiger partial charge < -0.3 is 19.6 Å². The molecular formula is C22H18ClN5O3. The molecule has 31 heavy (non-hydrogen) atoms. The lowest BCUT2D eigenvalue weighted by Gasteiger charge is -2.14. The van der Waals surface area contributed by atoms with Gasteiger partial charge in [-0.3, -0.25) is 9.59 Å². The van der Waals surface area contributed by atoms with Crippen molar-refractivity contribution in [2.24, 2.45) is 0 Å². The molecule has 0 unspecified atom stereocenters. The van der Waals surface area contributed by atoms with E-state index in [0.29, 0.717) is 38.8 Å². The predicted octanol–water partition coefficient (Wildman–Crippen LogP) is 4.36. The Bertz CT molecular complexity index is 1280. The number of fused-ring (bicyclic) bond motifs is 1. The number of pyridine rings is 1. The van der Waals surface area contributed by atoms with Crippen LogP contribution in [-0.4, -0.2) is 44.8 Å². The first-order valence-corrected chi connectivity index (χ1v) is 10.3. The van der Waals surface area contributed by atoms with Crippen molar-refractivity contribution in [1.29, 1.82) is 0 Å². The molecular weight excluding hydrogens is 418 g/mol. The van der Waals surface area contributed by atoms with Gasteiger partial charge in [0.05, 0.1) is 22.4 Å². The number of carbonyl (C=O) groups is 2. The predicted molar refractivity (Wildman–Crippen MR) is 116 cm³/mol. The van der Waals surface area contributed by atoms with E-state index in [1.54, 1.807) is 42.6 Å². The summed E-state index contributed by atoms with van der Waals surface area (Å²) in [5.41, 5.74) is 2.79. The van der Waals surface area contributed by atoms with E-state index in [0.717, 1.165) is 25.9 Å². The number of anilines is 1. The minimum absolute atomic E-state index is 0.0243. The molecule has 1 fully saturated rings. The Morgan fingerprint density at radius 3 is 2.77 bits per heavy atom. The van der Waals surface area contributed by atoms with Crippen LogP contribution in [0, 0.1) is 0 Å². The van der Waals surface area contributed by atoms with Gasteiger partial charge in [0.15, 0.2) is 11.4 Å². The summed E-state index contributed by atoms with van der Waals surface area (Å²) in [6.45, 7) is 1.55. The molecule has 2 N–H and O–H groups in total. The van der Waals surface area contributed by atoms with Gasteiger partial charge in [0.2, 0.25) is 0 Å². The number of nitrogens with zero attached hydrogens (tertiary/aromatic N) is 3. The summed E-state index contributed by atoms with van der Waals surface area (Å²) in [7, 11) is 0. The Morgan fingerprint density at radius 1 is 1.16 bits per heavy atom. The molecule has 0 aliphatic carbocycles. The van der Waals surface area contributed by atoms with E-state index >= 15 is 0 Å². The van der Waals surface area contributed by atoms with Crippen molar-refractivity contribution >= 4 is 40.3 Å². The van der Waals surface area contributed by atoms with Crippen LogP contribution in [0.2, 0.25) is 5.02 Å². The van der Waals surface area contributed by atoms with Crippen LogP contribution in [0.25, 0.3) is 22.6 Å². The fourth-order valence-corrected chi connectivity index (χ4v) is 3.84. The molecule has 9 heteroatoms. The fraction of sp³-hybridized carbons (Fsp3) is 0.182. The number of imidazole rings is 1. The number of aromatic nitrogens is 3. The van der Waals surface area contributed by atoms with Gasteiger partial charge in [0.1, 0.15) is 5.82 Å². The highest BCUT2D eigenvalue weighted by atomic mass is 35.5. The molecule has 0 radical (unpaired) electrons. The molecule has 0 atom stereocenters. The average Bonchev–Trinajstić information content (AvgIpc) is 3.55. The molecule has 4 aromatic rings. The van der Waals surface area contributed by atoms with Crippen LogP contribution < -0.4 is 5.32 Å². The molecule has 4 heterocycles. The minimum Gasteiger partial charge on any atom is -0.459 e. The van der Waals surface area contributed by atoms with Crippen molar-refractivity contribution in [3.8, 4) is 11.4 Å². The monoisotopic (exact) mass is 435 g/mol. The van der Waals surface area contributed by atoms with Gasteiger partial charge in [-0.05, 0) is 49.2 Å². The van der Waals surface area contributed by atoms with Crippen LogP contribution >= 0.6 is 11.6 Å². The smallest absolute Gasteiger partial charge is 0.291 e. The maximum atomic E-state index is 12.6. The van der Waals surface area contributed by atoms with E-state index in [9.17, 15) is 9.59 Å². The van der Waals surface area contributed by atoms with Gasteiger partial charge in [-0.2, -0.15) is 0 Å². The zero-order chi connectivity index (χ0) is 21.4. The lowest BCUT2D eigenvalue weighted by atomic mass is 10.2. The molecule has 5 rings (SSSR count). The summed E-state index contributed by atoms with van der Waals surface area (Å²) in [6.07, 6.45) is 5.05. The van der Waals surface area contributed by atoms with Crippen molar-refractivity contribution in [3.05, 3.63) is 65.2 Å². The standard InChI is InChI=1S/C22H18ClN5O3/c23-16-6-5-14(25-21(29)18-4-3-9-31-18)11-15(16)19-26-17-10-13(12-24-20(17)27-19)22(30)28-7-1-2-8-28/h3-6,9-12H,1-2,7-8H2,(H,25,29)(H,24,26,27). The molecule has 8 nitrogen and oxygen atoms in total. The van der Waals surface area contributed by atoms with Crippen molar-refractivity contribution in [2.75, 3.05) is 18.4 Å². The molecule has 1 aromatic carbocycles. The summed E-state index contributed by atoms with van der Waals surface area (Å²) in [5.74, 6) is 0.310. The van der Waals surface area contributed by atoms with Gasteiger partial charge in [-0.15, -0.1) is 0 Å². The van der Waals surface area contributed by atoms with Crippen molar-refractivity contribution in [2.45, 2.75) is 12.8 Å². The molecule has 156 valence electrons. The molecule has 1 saturated heterocycles. The van der Waals surface area contributed by atoms with Crippen LogP contribution in [0.15, 0.2) is 53.3 Å². The number of furan rings is 1. The number of hydrogen-bond donors (Lipinski definition) is 2. The van der Waals surface area contributed by atoms with E-state index in [4.69, 9.17) is 16.0 Å². The first kappa shape index (κ1) is 19.3. The minimum atomic E-state index is -0.366. The number of nitrogens with one attached hydrogen (secondary N) is 2. The Labute approximate surface area is 182 Å². The number of halogens is 1. The number of carbonyl (C=O) groups excluding carboxylic acids is 2. The fourth-order valence-electron chi connectivity index (χ4n) is 3.63. The first-order valence-electron chi connectivity index (χ1n) is 9.88. The number of amides is 2. The molecule has 0 saturated carbocycles. The third-order valence-corrected chi connectivity index (χ3v) is 5.53. The van der Waals surface area contributed by atoms with Gasteiger partial charge in [0.25, 0.3) is 11.8 Å². The Balaban J connectivity index is 1.44. The lowest BCUT2D eigenvalue weighted by Crippen LogP contribution is -2.27. The molecule has 0 spiro atoms. The number of hydrogen-bond acceptors (Lipinski definition) is 5. The number of benzene rings is 1.